The van der Waals surface area contributed by atoms with Crippen LogP contribution in [0.15, 0.2) is 54.7 Å². The number of nitrogens with zero attached hydrogens (tertiary/aromatic N) is 3. The summed E-state index contributed by atoms with van der Waals surface area (Å²) < 4.78 is 15.0. The second kappa shape index (κ2) is 6.78. The Morgan fingerprint density at radius 3 is 2.69 bits per heavy atom. The van der Waals surface area contributed by atoms with Gasteiger partial charge in [-0.05, 0) is 54.7 Å². The van der Waals surface area contributed by atoms with Gasteiger partial charge in [0, 0.05) is 23.2 Å². The maximum atomic E-state index is 13.4. The van der Waals surface area contributed by atoms with Gasteiger partial charge >= 0.3 is 0 Å². The SMILES string of the molecule is Cc1nn2cc3c(nc2c1-c1ccc(F)cc1)CC(c1cccc(Cl)c1)CC3=O. The van der Waals surface area contributed by atoms with Crippen LogP contribution in [0.5, 0.6) is 0 Å². The van der Waals surface area contributed by atoms with Crippen LogP contribution in [0.3, 0.4) is 0 Å². The molecule has 29 heavy (non-hydrogen) atoms. The van der Waals surface area contributed by atoms with Crippen molar-refractivity contribution in [3.8, 4) is 11.1 Å². The van der Waals surface area contributed by atoms with Crippen molar-refractivity contribution in [3.63, 3.8) is 0 Å². The van der Waals surface area contributed by atoms with Gasteiger partial charge in [0.05, 0.1) is 17.0 Å². The molecular formula is C23H17ClFN3O. The van der Waals surface area contributed by atoms with E-state index in [9.17, 15) is 9.18 Å². The van der Waals surface area contributed by atoms with Gasteiger partial charge in [0.1, 0.15) is 5.82 Å². The number of hydrogen-bond acceptors (Lipinski definition) is 3. The number of carbonyl (C=O) groups excluding carboxylic acids is 1. The second-order valence-electron chi connectivity index (χ2n) is 7.42. The molecule has 5 rings (SSSR count). The van der Waals surface area contributed by atoms with Crippen LogP contribution in [0.2, 0.25) is 5.02 Å². The van der Waals surface area contributed by atoms with E-state index in [-0.39, 0.29) is 17.5 Å². The summed E-state index contributed by atoms with van der Waals surface area (Å²) >= 11 is 6.14. The van der Waals surface area contributed by atoms with E-state index in [4.69, 9.17) is 16.6 Å². The van der Waals surface area contributed by atoms with Gasteiger partial charge in [0.25, 0.3) is 0 Å². The molecule has 0 saturated heterocycles. The number of ketones is 1. The molecule has 2 aromatic heterocycles. The Labute approximate surface area is 172 Å². The number of fused-ring (bicyclic) bond motifs is 2. The fourth-order valence-corrected chi connectivity index (χ4v) is 4.29. The normalized spacial score (nSPS) is 16.2. The molecule has 0 bridgehead atoms. The number of benzene rings is 2. The molecule has 0 N–H and O–H groups in total. The Balaban J connectivity index is 1.63. The lowest BCUT2D eigenvalue weighted by molar-refractivity contribution is 0.0962. The molecule has 6 heteroatoms. The van der Waals surface area contributed by atoms with E-state index >= 15 is 0 Å². The maximum Gasteiger partial charge on any atom is 0.166 e. The third-order valence-electron chi connectivity index (χ3n) is 5.49. The summed E-state index contributed by atoms with van der Waals surface area (Å²) in [5.74, 6) is -0.188. The van der Waals surface area contributed by atoms with Crippen LogP contribution in [0.4, 0.5) is 4.39 Å². The Morgan fingerprint density at radius 1 is 1.14 bits per heavy atom. The van der Waals surface area contributed by atoms with Crippen LogP contribution in [-0.2, 0) is 6.42 Å². The van der Waals surface area contributed by atoms with E-state index in [1.54, 1.807) is 22.8 Å². The van der Waals surface area contributed by atoms with Crippen molar-refractivity contribution in [2.24, 2.45) is 0 Å². The van der Waals surface area contributed by atoms with Crippen LogP contribution in [0.25, 0.3) is 16.8 Å². The maximum absolute atomic E-state index is 13.4. The Hall–Kier alpha value is -3.05. The monoisotopic (exact) mass is 405 g/mol. The zero-order valence-electron chi connectivity index (χ0n) is 15.7. The highest BCUT2D eigenvalue weighted by molar-refractivity contribution is 6.30. The van der Waals surface area contributed by atoms with Crippen molar-refractivity contribution in [1.82, 2.24) is 14.6 Å². The highest BCUT2D eigenvalue weighted by Crippen LogP contribution is 2.35. The van der Waals surface area contributed by atoms with Gasteiger partial charge in [0.2, 0.25) is 0 Å². The van der Waals surface area contributed by atoms with E-state index in [1.807, 2.05) is 31.2 Å². The minimum absolute atomic E-state index is 0.0435. The minimum Gasteiger partial charge on any atom is -0.294 e. The van der Waals surface area contributed by atoms with Gasteiger partial charge in [-0.2, -0.15) is 5.10 Å². The number of hydrogen-bond donors (Lipinski definition) is 0. The summed E-state index contributed by atoms with van der Waals surface area (Å²) in [6, 6.07) is 13.9. The third-order valence-corrected chi connectivity index (χ3v) is 5.72. The Morgan fingerprint density at radius 2 is 1.93 bits per heavy atom. The number of halogens is 2. The fourth-order valence-electron chi connectivity index (χ4n) is 4.10. The predicted octanol–water partition coefficient (Wildman–Crippen LogP) is 5.41. The molecule has 0 radical (unpaired) electrons. The van der Waals surface area contributed by atoms with Gasteiger partial charge in [-0.3, -0.25) is 4.79 Å². The quantitative estimate of drug-likeness (QED) is 0.448. The lowest BCUT2D eigenvalue weighted by Crippen LogP contribution is -2.21. The smallest absolute Gasteiger partial charge is 0.166 e. The van der Waals surface area contributed by atoms with Crippen LogP contribution >= 0.6 is 11.6 Å². The lowest BCUT2D eigenvalue weighted by Gasteiger charge is -2.23. The largest absolute Gasteiger partial charge is 0.294 e. The first-order valence-corrected chi connectivity index (χ1v) is 9.81. The molecule has 4 nitrogen and oxygen atoms in total. The van der Waals surface area contributed by atoms with Crippen molar-refractivity contribution < 1.29 is 9.18 Å². The number of Topliss-reactive ketones (excluding diaryl/α,β-unsaturated/α-hetero) is 1. The first-order valence-electron chi connectivity index (χ1n) is 9.43. The van der Waals surface area contributed by atoms with E-state index in [2.05, 4.69) is 5.10 Å². The molecule has 2 aromatic carbocycles. The van der Waals surface area contributed by atoms with Crippen molar-refractivity contribution in [2.45, 2.75) is 25.7 Å². The molecule has 1 unspecified atom stereocenters. The summed E-state index contributed by atoms with van der Waals surface area (Å²) in [6.07, 6.45) is 2.85. The molecule has 1 aliphatic rings. The number of aryl methyl sites for hydroxylation is 1. The van der Waals surface area contributed by atoms with Gasteiger partial charge < -0.3 is 0 Å². The van der Waals surface area contributed by atoms with Crippen molar-refractivity contribution in [1.29, 1.82) is 0 Å². The van der Waals surface area contributed by atoms with Crippen molar-refractivity contribution in [2.75, 3.05) is 0 Å². The summed E-state index contributed by atoms with van der Waals surface area (Å²) in [6.45, 7) is 1.89. The number of aromatic nitrogens is 3. The Bertz CT molecular complexity index is 1260. The lowest BCUT2D eigenvalue weighted by atomic mass is 9.82. The molecule has 1 aliphatic carbocycles. The van der Waals surface area contributed by atoms with Crippen LogP contribution in [-0.4, -0.2) is 20.4 Å². The van der Waals surface area contributed by atoms with Crippen LogP contribution < -0.4 is 0 Å². The third kappa shape index (κ3) is 3.12. The van der Waals surface area contributed by atoms with Gasteiger partial charge in [-0.25, -0.2) is 13.9 Å². The second-order valence-corrected chi connectivity index (χ2v) is 7.86. The zero-order chi connectivity index (χ0) is 20.1. The highest BCUT2D eigenvalue weighted by atomic mass is 35.5. The standard InChI is InChI=1S/C23H17ClFN3O/c1-13-22(14-5-7-18(25)8-6-14)23-26-20-10-16(15-3-2-4-17(24)9-15)11-21(29)19(20)12-28(23)27-13/h2-9,12,16H,10-11H2,1H3. The van der Waals surface area contributed by atoms with E-state index in [1.165, 1.54) is 12.1 Å². The average Bonchev–Trinajstić information content (AvgIpc) is 3.02. The summed E-state index contributed by atoms with van der Waals surface area (Å²) in [5.41, 5.74) is 5.58. The number of carbonyl (C=O) groups is 1. The Kier molecular flexibility index (Phi) is 4.21. The molecule has 0 aliphatic heterocycles. The van der Waals surface area contributed by atoms with Gasteiger partial charge in [-0.1, -0.05) is 35.9 Å². The topological polar surface area (TPSA) is 47.3 Å². The van der Waals surface area contributed by atoms with Crippen molar-refractivity contribution >= 4 is 23.0 Å². The average molecular weight is 406 g/mol. The van der Waals surface area contributed by atoms with Gasteiger partial charge in [-0.15, -0.1) is 0 Å². The fraction of sp³-hybridized carbons (Fsp3) is 0.174. The molecule has 144 valence electrons. The molecule has 0 amide bonds. The van der Waals surface area contributed by atoms with Crippen LogP contribution in [0.1, 0.15) is 39.6 Å². The molecule has 2 heterocycles. The summed E-state index contributed by atoms with van der Waals surface area (Å²) in [7, 11) is 0. The van der Waals surface area contributed by atoms with E-state index in [0.717, 1.165) is 28.1 Å². The predicted molar refractivity (Wildman–Crippen MR) is 110 cm³/mol. The number of rotatable bonds is 2. The highest BCUT2D eigenvalue weighted by Gasteiger charge is 2.29. The molecule has 0 saturated carbocycles. The first-order chi connectivity index (χ1) is 14.0. The van der Waals surface area contributed by atoms with E-state index < -0.39 is 0 Å². The molecule has 0 spiro atoms. The zero-order valence-corrected chi connectivity index (χ0v) is 16.4. The molecule has 0 fully saturated rings. The summed E-state index contributed by atoms with van der Waals surface area (Å²) in [5, 5.41) is 5.20. The van der Waals surface area contributed by atoms with Crippen molar-refractivity contribution in [3.05, 3.63) is 88.1 Å². The molecule has 4 aromatic rings. The minimum atomic E-state index is -0.289. The molecule has 1 atom stereocenters. The molecular weight excluding hydrogens is 389 g/mol. The van der Waals surface area contributed by atoms with Crippen LogP contribution in [0, 0.1) is 12.7 Å². The first kappa shape index (κ1) is 18.0. The van der Waals surface area contributed by atoms with Gasteiger partial charge in [0.15, 0.2) is 11.4 Å². The van der Waals surface area contributed by atoms with E-state index in [0.29, 0.717) is 29.1 Å². The summed E-state index contributed by atoms with van der Waals surface area (Å²) in [4.78, 5) is 17.7.